The van der Waals surface area contributed by atoms with Crippen molar-refractivity contribution in [2.75, 3.05) is 19.6 Å². The lowest BCUT2D eigenvalue weighted by atomic mass is 9.83. The van der Waals surface area contributed by atoms with Crippen LogP contribution in [0.3, 0.4) is 0 Å². The number of carboxylic acid groups (broad SMARTS) is 1. The van der Waals surface area contributed by atoms with E-state index in [1.807, 2.05) is 36.1 Å². The maximum atomic E-state index is 12.7. The van der Waals surface area contributed by atoms with E-state index in [4.69, 9.17) is 0 Å². The van der Waals surface area contributed by atoms with Gasteiger partial charge in [-0.15, -0.1) is 0 Å². The van der Waals surface area contributed by atoms with E-state index in [0.29, 0.717) is 25.4 Å². The number of carbonyl (C=O) groups excluding carboxylic acids is 1. The second-order valence-corrected chi connectivity index (χ2v) is 7.31. The van der Waals surface area contributed by atoms with Crippen LogP contribution in [-0.4, -0.2) is 52.5 Å². The number of carboxylic acids is 1. The molecule has 0 saturated carbocycles. The van der Waals surface area contributed by atoms with E-state index < -0.39 is 11.9 Å². The van der Waals surface area contributed by atoms with Gasteiger partial charge in [0.15, 0.2) is 0 Å². The van der Waals surface area contributed by atoms with E-state index in [1.54, 1.807) is 0 Å². The molecule has 3 unspecified atom stereocenters. The van der Waals surface area contributed by atoms with Gasteiger partial charge in [-0.3, -0.25) is 14.5 Å². The number of piperidine rings is 1. The number of hydrogen-bond acceptors (Lipinski definition) is 3. The van der Waals surface area contributed by atoms with Crippen LogP contribution in [0.2, 0.25) is 0 Å². The van der Waals surface area contributed by atoms with Crippen LogP contribution in [-0.2, 0) is 9.59 Å². The topological polar surface area (TPSA) is 60.9 Å². The minimum atomic E-state index is -0.804. The Bertz CT molecular complexity index is 628. The van der Waals surface area contributed by atoms with Crippen LogP contribution in [0.15, 0.2) is 24.3 Å². The zero-order chi connectivity index (χ0) is 18.0. The highest BCUT2D eigenvalue weighted by atomic mass is 16.4. The Kier molecular flexibility index (Phi) is 5.42. The zero-order valence-corrected chi connectivity index (χ0v) is 15.1. The standard InChI is InChI=1S/C20H28N2O3/c1-3-21-12-4-5-16(21)13-22-18(23)11-10-17(20(24)25)19(22)15-8-6-14(2)7-9-15/h6-9,16-17,19H,3-5,10-13H2,1-2H3,(H,24,25). The fourth-order valence-corrected chi connectivity index (χ4v) is 4.35. The highest BCUT2D eigenvalue weighted by Gasteiger charge is 2.42. The van der Waals surface area contributed by atoms with E-state index in [0.717, 1.165) is 37.1 Å². The summed E-state index contributed by atoms with van der Waals surface area (Å²) in [5.41, 5.74) is 2.07. The van der Waals surface area contributed by atoms with Crippen LogP contribution in [0.5, 0.6) is 0 Å². The minimum Gasteiger partial charge on any atom is -0.481 e. The summed E-state index contributed by atoms with van der Waals surface area (Å²) < 4.78 is 0. The lowest BCUT2D eigenvalue weighted by Crippen LogP contribution is -2.50. The van der Waals surface area contributed by atoms with Crippen molar-refractivity contribution >= 4 is 11.9 Å². The SMILES string of the molecule is CCN1CCCC1CN1C(=O)CCC(C(=O)O)C1c1ccc(C)cc1. The van der Waals surface area contributed by atoms with E-state index in [1.165, 1.54) is 0 Å². The van der Waals surface area contributed by atoms with Gasteiger partial charge in [-0.25, -0.2) is 0 Å². The van der Waals surface area contributed by atoms with Gasteiger partial charge in [-0.05, 0) is 44.8 Å². The second-order valence-electron chi connectivity index (χ2n) is 7.31. The maximum Gasteiger partial charge on any atom is 0.308 e. The number of nitrogens with zero attached hydrogens (tertiary/aromatic N) is 2. The Morgan fingerprint density at radius 1 is 1.24 bits per heavy atom. The lowest BCUT2D eigenvalue weighted by Gasteiger charge is -2.42. The van der Waals surface area contributed by atoms with Crippen LogP contribution in [0, 0.1) is 12.8 Å². The van der Waals surface area contributed by atoms with Gasteiger partial charge in [-0.2, -0.15) is 0 Å². The summed E-state index contributed by atoms with van der Waals surface area (Å²) in [5.74, 6) is -1.25. The molecule has 136 valence electrons. The number of hydrogen-bond donors (Lipinski definition) is 1. The molecule has 2 saturated heterocycles. The van der Waals surface area contributed by atoms with Gasteiger partial charge < -0.3 is 10.0 Å². The van der Waals surface area contributed by atoms with Crippen molar-refractivity contribution in [3.05, 3.63) is 35.4 Å². The minimum absolute atomic E-state index is 0.0889. The van der Waals surface area contributed by atoms with Crippen molar-refractivity contribution in [3.8, 4) is 0 Å². The smallest absolute Gasteiger partial charge is 0.308 e. The van der Waals surface area contributed by atoms with Gasteiger partial charge in [0.1, 0.15) is 0 Å². The third-order valence-corrected chi connectivity index (χ3v) is 5.76. The summed E-state index contributed by atoms with van der Waals surface area (Å²) in [5, 5.41) is 9.74. The molecule has 1 aromatic carbocycles. The van der Waals surface area contributed by atoms with E-state index in [-0.39, 0.29) is 11.9 Å². The Hall–Kier alpha value is -1.88. The Balaban J connectivity index is 1.91. The van der Waals surface area contributed by atoms with E-state index >= 15 is 0 Å². The molecule has 25 heavy (non-hydrogen) atoms. The number of likely N-dealkylation sites (N-methyl/N-ethyl adjacent to an activating group) is 1. The summed E-state index contributed by atoms with van der Waals surface area (Å²) in [4.78, 5) is 28.8. The van der Waals surface area contributed by atoms with Gasteiger partial charge in [0, 0.05) is 19.0 Å². The van der Waals surface area contributed by atoms with Gasteiger partial charge >= 0.3 is 5.97 Å². The average Bonchev–Trinajstić information content (AvgIpc) is 3.04. The fourth-order valence-electron chi connectivity index (χ4n) is 4.35. The number of carbonyl (C=O) groups is 2. The molecule has 0 spiro atoms. The van der Waals surface area contributed by atoms with Crippen LogP contribution in [0.1, 0.15) is 49.8 Å². The molecule has 1 N–H and O–H groups in total. The number of amides is 1. The first-order valence-electron chi connectivity index (χ1n) is 9.34. The van der Waals surface area contributed by atoms with E-state index in [9.17, 15) is 14.7 Å². The quantitative estimate of drug-likeness (QED) is 0.892. The molecule has 3 rings (SSSR count). The molecule has 1 aromatic rings. The summed E-state index contributed by atoms with van der Waals surface area (Å²) in [6.07, 6.45) is 2.98. The van der Waals surface area contributed by atoms with Crippen molar-refractivity contribution in [1.29, 1.82) is 0 Å². The molecule has 0 aromatic heterocycles. The normalized spacial score (nSPS) is 27.7. The molecule has 2 fully saturated rings. The highest BCUT2D eigenvalue weighted by Crippen LogP contribution is 2.38. The van der Waals surface area contributed by atoms with E-state index in [2.05, 4.69) is 11.8 Å². The van der Waals surface area contributed by atoms with Crippen molar-refractivity contribution in [3.63, 3.8) is 0 Å². The first-order chi connectivity index (χ1) is 12.0. The largest absolute Gasteiger partial charge is 0.481 e. The number of aliphatic carboxylic acids is 1. The zero-order valence-electron chi connectivity index (χ0n) is 15.1. The van der Waals surface area contributed by atoms with Crippen molar-refractivity contribution in [2.45, 2.75) is 51.6 Å². The maximum absolute atomic E-state index is 12.7. The molecule has 0 radical (unpaired) electrons. The Labute approximate surface area is 149 Å². The molecule has 2 heterocycles. The van der Waals surface area contributed by atoms with Gasteiger partial charge in [-0.1, -0.05) is 36.8 Å². The highest BCUT2D eigenvalue weighted by molar-refractivity contribution is 5.81. The first kappa shape index (κ1) is 17.9. The van der Waals surface area contributed by atoms with Gasteiger partial charge in [0.2, 0.25) is 5.91 Å². The summed E-state index contributed by atoms with van der Waals surface area (Å²) >= 11 is 0. The lowest BCUT2D eigenvalue weighted by molar-refractivity contribution is -0.152. The third kappa shape index (κ3) is 3.71. The average molecular weight is 344 g/mol. The Morgan fingerprint density at radius 3 is 2.60 bits per heavy atom. The number of aryl methyl sites for hydroxylation is 1. The molecular weight excluding hydrogens is 316 g/mol. The Morgan fingerprint density at radius 2 is 1.96 bits per heavy atom. The van der Waals surface area contributed by atoms with Gasteiger partial charge in [0.05, 0.1) is 12.0 Å². The number of likely N-dealkylation sites (tertiary alicyclic amines) is 2. The molecule has 5 nitrogen and oxygen atoms in total. The van der Waals surface area contributed by atoms with Crippen molar-refractivity contribution < 1.29 is 14.7 Å². The molecule has 2 aliphatic rings. The van der Waals surface area contributed by atoms with Crippen LogP contribution in [0.25, 0.3) is 0 Å². The molecular formula is C20H28N2O3. The van der Waals surface area contributed by atoms with Crippen LogP contribution < -0.4 is 0 Å². The van der Waals surface area contributed by atoms with Gasteiger partial charge in [0.25, 0.3) is 0 Å². The molecule has 0 bridgehead atoms. The second kappa shape index (κ2) is 7.56. The predicted molar refractivity (Wildman–Crippen MR) is 96.3 cm³/mol. The van der Waals surface area contributed by atoms with Crippen LogP contribution >= 0.6 is 0 Å². The fraction of sp³-hybridized carbons (Fsp3) is 0.600. The predicted octanol–water partition coefficient (Wildman–Crippen LogP) is 2.84. The van der Waals surface area contributed by atoms with Crippen LogP contribution in [0.4, 0.5) is 0 Å². The monoisotopic (exact) mass is 344 g/mol. The van der Waals surface area contributed by atoms with Crippen molar-refractivity contribution in [2.24, 2.45) is 5.92 Å². The molecule has 5 heteroatoms. The molecule has 0 aliphatic carbocycles. The van der Waals surface area contributed by atoms with Crippen molar-refractivity contribution in [1.82, 2.24) is 9.80 Å². The summed E-state index contributed by atoms with van der Waals surface area (Å²) in [7, 11) is 0. The molecule has 1 amide bonds. The number of benzene rings is 1. The molecule has 3 atom stereocenters. The number of rotatable bonds is 5. The molecule has 2 aliphatic heterocycles. The first-order valence-corrected chi connectivity index (χ1v) is 9.34. The third-order valence-electron chi connectivity index (χ3n) is 5.76. The summed E-state index contributed by atoms with van der Waals surface area (Å²) in [6, 6.07) is 7.94. The summed E-state index contributed by atoms with van der Waals surface area (Å²) in [6.45, 7) is 6.84.